The molecule has 0 amide bonds. The van der Waals surface area contributed by atoms with Crippen molar-refractivity contribution >= 4 is 0 Å². The first kappa shape index (κ1) is 26.7. The molecule has 0 aromatic heterocycles. The topological polar surface area (TPSA) is 30.9 Å². The molecule has 22 heavy (non-hydrogen) atoms. The van der Waals surface area contributed by atoms with Crippen LogP contribution in [0, 0.1) is 0 Å². The Balaban J connectivity index is -0.000000245. The van der Waals surface area contributed by atoms with Gasteiger partial charge in [0.1, 0.15) is 0 Å². The van der Waals surface area contributed by atoms with Gasteiger partial charge >= 0.3 is 0 Å². The number of rotatable bonds is 7. The van der Waals surface area contributed by atoms with Crippen LogP contribution in [0.4, 0.5) is 0 Å². The number of hydrogen-bond donors (Lipinski definition) is 0. The fourth-order valence-corrected chi connectivity index (χ4v) is 1.31. The molecular formula is C18H43NO3. The van der Waals surface area contributed by atoms with Crippen LogP contribution >= 0.6 is 0 Å². The van der Waals surface area contributed by atoms with Crippen molar-refractivity contribution in [1.82, 2.24) is 4.90 Å². The molecule has 0 saturated carbocycles. The fraction of sp³-hybridized carbons (Fsp3) is 1.00. The predicted molar refractivity (Wildman–Crippen MR) is 97.8 cm³/mol. The third-order valence-corrected chi connectivity index (χ3v) is 2.83. The predicted octanol–water partition coefficient (Wildman–Crippen LogP) is 4.23. The van der Waals surface area contributed by atoms with Gasteiger partial charge in [-0.05, 0) is 13.0 Å². The van der Waals surface area contributed by atoms with Gasteiger partial charge in [0, 0.05) is 26.8 Å². The summed E-state index contributed by atoms with van der Waals surface area (Å²) < 4.78 is 15.0. The average Bonchev–Trinajstić information content (AvgIpc) is 2.62. The molecule has 0 unspecified atom stereocenters. The first-order valence-electron chi connectivity index (χ1n) is 9.13. The van der Waals surface area contributed by atoms with Crippen LogP contribution in [0.3, 0.4) is 0 Å². The molecule has 0 aromatic carbocycles. The van der Waals surface area contributed by atoms with Gasteiger partial charge < -0.3 is 14.2 Å². The molecule has 4 heteroatoms. The summed E-state index contributed by atoms with van der Waals surface area (Å²) in [6.45, 7) is 20.2. The highest BCUT2D eigenvalue weighted by molar-refractivity contribution is 4.57. The summed E-state index contributed by atoms with van der Waals surface area (Å²) >= 11 is 0. The molecule has 1 rings (SSSR count). The molecule has 0 spiro atoms. The van der Waals surface area contributed by atoms with Crippen molar-refractivity contribution in [2.24, 2.45) is 0 Å². The van der Waals surface area contributed by atoms with Gasteiger partial charge in [0.05, 0.1) is 26.4 Å². The minimum atomic E-state index is 0.708. The zero-order valence-corrected chi connectivity index (χ0v) is 16.5. The maximum atomic E-state index is 5.16. The second kappa shape index (κ2) is 28.9. The first-order chi connectivity index (χ1) is 10.8. The summed E-state index contributed by atoms with van der Waals surface area (Å²) in [7, 11) is 1.68. The summed E-state index contributed by atoms with van der Waals surface area (Å²) in [4.78, 5) is 2.39. The van der Waals surface area contributed by atoms with E-state index in [1.807, 2.05) is 13.8 Å². The van der Waals surface area contributed by atoms with Crippen molar-refractivity contribution in [2.45, 2.75) is 60.8 Å². The molecule has 0 aliphatic carbocycles. The summed E-state index contributed by atoms with van der Waals surface area (Å²) in [6, 6.07) is 0. The standard InChI is InChI=1S/C6H13NO.C6H14O2.C4H10.C2H6/c1-2-7-3-5-8-6-4-7;1-3-4-8-6-5-7-2;1-3-4-2;1-2/h2-6H2,1H3;3-6H2,1-2H3;3-4H2,1-2H3;1-2H3. The fourth-order valence-electron chi connectivity index (χ4n) is 1.31. The first-order valence-corrected chi connectivity index (χ1v) is 9.13. The van der Waals surface area contributed by atoms with Crippen LogP contribution in [0.25, 0.3) is 0 Å². The van der Waals surface area contributed by atoms with E-state index in [4.69, 9.17) is 14.2 Å². The molecule has 4 nitrogen and oxygen atoms in total. The Kier molecular flexibility index (Phi) is 35.1. The molecule has 0 radical (unpaired) electrons. The van der Waals surface area contributed by atoms with E-state index in [1.54, 1.807) is 7.11 Å². The summed E-state index contributed by atoms with van der Waals surface area (Å²) in [5.41, 5.74) is 0. The maximum absolute atomic E-state index is 5.16. The third-order valence-electron chi connectivity index (χ3n) is 2.83. The molecule has 1 saturated heterocycles. The van der Waals surface area contributed by atoms with E-state index in [9.17, 15) is 0 Å². The van der Waals surface area contributed by atoms with Gasteiger partial charge in [-0.15, -0.1) is 0 Å². The quantitative estimate of drug-likeness (QED) is 0.657. The lowest BCUT2D eigenvalue weighted by Crippen LogP contribution is -2.35. The van der Waals surface area contributed by atoms with Crippen LogP contribution in [0.5, 0.6) is 0 Å². The Morgan fingerprint density at radius 2 is 1.36 bits per heavy atom. The van der Waals surface area contributed by atoms with Gasteiger partial charge in [-0.25, -0.2) is 0 Å². The number of likely N-dealkylation sites (N-methyl/N-ethyl adjacent to an activating group) is 1. The van der Waals surface area contributed by atoms with Crippen LogP contribution in [0.15, 0.2) is 0 Å². The molecular weight excluding hydrogens is 278 g/mol. The Hall–Kier alpha value is -0.160. The summed E-state index contributed by atoms with van der Waals surface area (Å²) in [5, 5.41) is 0. The van der Waals surface area contributed by atoms with E-state index in [-0.39, 0.29) is 0 Å². The van der Waals surface area contributed by atoms with Crippen molar-refractivity contribution in [1.29, 1.82) is 0 Å². The minimum Gasteiger partial charge on any atom is -0.382 e. The van der Waals surface area contributed by atoms with E-state index in [0.717, 1.165) is 45.9 Å². The lowest BCUT2D eigenvalue weighted by Gasteiger charge is -2.24. The molecule has 1 fully saturated rings. The van der Waals surface area contributed by atoms with Gasteiger partial charge in [-0.2, -0.15) is 0 Å². The number of methoxy groups -OCH3 is 1. The normalized spacial score (nSPS) is 13.8. The third kappa shape index (κ3) is 28.1. The molecule has 0 aromatic rings. The Labute approximate surface area is 140 Å². The molecule has 1 heterocycles. The second-order valence-electron chi connectivity index (χ2n) is 4.65. The number of unbranched alkanes of at least 4 members (excludes halogenated alkanes) is 1. The van der Waals surface area contributed by atoms with E-state index in [1.165, 1.54) is 19.4 Å². The highest BCUT2D eigenvalue weighted by atomic mass is 16.5. The van der Waals surface area contributed by atoms with Crippen LogP contribution in [0.2, 0.25) is 0 Å². The highest BCUT2D eigenvalue weighted by Gasteiger charge is 2.05. The monoisotopic (exact) mass is 321 g/mol. The van der Waals surface area contributed by atoms with Crippen LogP contribution in [0.1, 0.15) is 60.8 Å². The summed E-state index contributed by atoms with van der Waals surface area (Å²) in [6.07, 6.45) is 3.73. The second-order valence-corrected chi connectivity index (χ2v) is 4.65. The van der Waals surface area contributed by atoms with E-state index in [0.29, 0.717) is 6.61 Å². The number of ether oxygens (including phenoxy) is 3. The zero-order chi connectivity index (χ0) is 17.5. The summed E-state index contributed by atoms with van der Waals surface area (Å²) in [5.74, 6) is 0. The minimum absolute atomic E-state index is 0.708. The molecule has 0 atom stereocenters. The van der Waals surface area contributed by atoms with Crippen molar-refractivity contribution in [3.8, 4) is 0 Å². The molecule has 1 aliphatic heterocycles. The Morgan fingerprint density at radius 1 is 0.818 bits per heavy atom. The van der Waals surface area contributed by atoms with Crippen molar-refractivity contribution < 1.29 is 14.2 Å². The average molecular weight is 322 g/mol. The van der Waals surface area contributed by atoms with Gasteiger partial charge in [0.25, 0.3) is 0 Å². The number of nitrogens with zero attached hydrogens (tertiary/aromatic N) is 1. The lowest BCUT2D eigenvalue weighted by molar-refractivity contribution is 0.0405. The van der Waals surface area contributed by atoms with E-state index >= 15 is 0 Å². The molecule has 0 N–H and O–H groups in total. The van der Waals surface area contributed by atoms with Crippen LogP contribution in [-0.2, 0) is 14.2 Å². The highest BCUT2D eigenvalue weighted by Crippen LogP contribution is 1.93. The van der Waals surface area contributed by atoms with E-state index in [2.05, 4.69) is 32.6 Å². The zero-order valence-electron chi connectivity index (χ0n) is 16.5. The molecule has 138 valence electrons. The maximum Gasteiger partial charge on any atom is 0.0700 e. The number of hydrogen-bond acceptors (Lipinski definition) is 4. The van der Waals surface area contributed by atoms with Gasteiger partial charge in [-0.1, -0.05) is 54.4 Å². The van der Waals surface area contributed by atoms with Gasteiger partial charge in [0.15, 0.2) is 0 Å². The van der Waals surface area contributed by atoms with Crippen LogP contribution < -0.4 is 0 Å². The van der Waals surface area contributed by atoms with Crippen LogP contribution in [-0.4, -0.2) is 64.7 Å². The van der Waals surface area contributed by atoms with Crippen molar-refractivity contribution in [3.05, 3.63) is 0 Å². The molecule has 1 aliphatic rings. The lowest BCUT2D eigenvalue weighted by atomic mass is 10.4. The SMILES string of the molecule is CC.CCCC.CCCOCCOC.CCN1CCOCC1. The van der Waals surface area contributed by atoms with Gasteiger partial charge in [0.2, 0.25) is 0 Å². The largest absolute Gasteiger partial charge is 0.382 e. The van der Waals surface area contributed by atoms with Gasteiger partial charge in [-0.3, -0.25) is 4.90 Å². The van der Waals surface area contributed by atoms with E-state index < -0.39 is 0 Å². The number of morpholine rings is 1. The smallest absolute Gasteiger partial charge is 0.0700 e. The Morgan fingerprint density at radius 3 is 1.68 bits per heavy atom. The van der Waals surface area contributed by atoms with Crippen molar-refractivity contribution in [2.75, 3.05) is 59.8 Å². The van der Waals surface area contributed by atoms with Crippen molar-refractivity contribution in [3.63, 3.8) is 0 Å². The Bertz CT molecular complexity index is 143. The molecule has 0 bridgehead atoms.